The number of halogens is 8. The summed E-state index contributed by atoms with van der Waals surface area (Å²) in [5, 5.41) is 30.7. The predicted octanol–water partition coefficient (Wildman–Crippen LogP) is 6.51. The van der Waals surface area contributed by atoms with Gasteiger partial charge in [-0.15, -0.1) is 22.7 Å². The second kappa shape index (κ2) is 20.7. The molecule has 2 amide bonds. The van der Waals surface area contributed by atoms with Gasteiger partial charge in [0.25, 0.3) is 11.8 Å². The van der Waals surface area contributed by atoms with E-state index >= 15 is 4.39 Å². The van der Waals surface area contributed by atoms with E-state index in [-0.39, 0.29) is 73.1 Å². The zero-order chi connectivity index (χ0) is 46.5. The lowest BCUT2D eigenvalue weighted by Crippen LogP contribution is -2.54. The van der Waals surface area contributed by atoms with Crippen molar-refractivity contribution in [2.45, 2.75) is 94.1 Å². The molecule has 12 nitrogen and oxygen atoms in total. The lowest BCUT2D eigenvalue weighted by Gasteiger charge is -2.40. The molecule has 5 saturated heterocycles. The molecule has 2 N–H and O–H groups in total. The van der Waals surface area contributed by atoms with Crippen LogP contribution in [0.15, 0.2) is 24.3 Å². The van der Waals surface area contributed by atoms with Crippen LogP contribution < -0.4 is 14.8 Å². The van der Waals surface area contributed by atoms with E-state index in [2.05, 4.69) is 22.4 Å². The van der Waals surface area contributed by atoms with E-state index in [1.165, 1.54) is 9.80 Å². The summed E-state index contributed by atoms with van der Waals surface area (Å²) in [6.45, 7) is 7.05. The Morgan fingerprint density at radius 1 is 0.797 bits per heavy atom. The molecule has 23 heteroatoms. The van der Waals surface area contributed by atoms with Gasteiger partial charge >= 0.3 is 19.4 Å². The van der Waals surface area contributed by atoms with Gasteiger partial charge in [0, 0.05) is 115 Å². The van der Waals surface area contributed by atoms with E-state index in [1.807, 2.05) is 4.81 Å². The molecule has 0 aromatic carbocycles. The normalized spacial score (nSPS) is 21.6. The van der Waals surface area contributed by atoms with E-state index < -0.39 is 64.5 Å². The lowest BCUT2D eigenvalue weighted by molar-refractivity contribution is -0.149. The number of alkyl halides is 8. The van der Waals surface area contributed by atoms with Gasteiger partial charge < -0.3 is 34.4 Å². The third-order valence-electron chi connectivity index (χ3n) is 12.3. The van der Waals surface area contributed by atoms with Crippen LogP contribution in [0.5, 0.6) is 11.5 Å². The standard InChI is InChI=1S/C24H31BF4N4O3S.C17H19F4N3O2S/c1-25(35)33-15-17(16-33)3-2-8-31-11-6-23(26,7-12-31)22(34)32-9-4-18(5-10-32)36-19-13-21(24(27,28)29)37-20(19)14-30;18-16(3-5-23-6-4-16)15(25)24-7-1-11(2-8-24)26-12-9-14(17(19,20)21)27-13(12)10-22/h2-3,13,17-18,35H,4-12,15-16H2,1H3;9,11,23H,1-8H2/b3-2+;. The molecule has 2 aromatic rings. The first-order valence-electron chi connectivity index (χ1n) is 21.3. The van der Waals surface area contributed by atoms with Crippen molar-refractivity contribution in [1.82, 2.24) is 24.8 Å². The lowest BCUT2D eigenvalue weighted by atomic mass is 9.78. The fourth-order valence-electron chi connectivity index (χ4n) is 8.36. The number of piperidine rings is 4. The van der Waals surface area contributed by atoms with Crippen LogP contribution in [0.1, 0.15) is 70.9 Å². The topological polar surface area (TPSA) is 145 Å². The van der Waals surface area contributed by atoms with E-state index in [4.69, 9.17) is 20.0 Å². The summed E-state index contributed by atoms with van der Waals surface area (Å²) in [4.78, 5) is 30.5. The first-order valence-corrected chi connectivity index (χ1v) is 22.9. The summed E-state index contributed by atoms with van der Waals surface area (Å²) in [7, 11) is -0.427. The van der Waals surface area contributed by atoms with E-state index in [9.17, 15) is 45.3 Å². The molecule has 350 valence electrons. The average Bonchev–Trinajstić information content (AvgIpc) is 3.87. The Morgan fingerprint density at radius 3 is 1.61 bits per heavy atom. The van der Waals surface area contributed by atoms with Crippen LogP contribution >= 0.6 is 22.7 Å². The van der Waals surface area contributed by atoms with Gasteiger partial charge in [-0.2, -0.15) is 36.9 Å². The highest BCUT2D eigenvalue weighted by atomic mass is 32.1. The van der Waals surface area contributed by atoms with Gasteiger partial charge in [-0.05, 0) is 33.0 Å². The van der Waals surface area contributed by atoms with Crippen molar-refractivity contribution in [3.8, 4) is 23.6 Å². The van der Waals surface area contributed by atoms with Crippen molar-refractivity contribution >= 4 is 41.5 Å². The van der Waals surface area contributed by atoms with E-state index in [0.717, 1.165) is 25.2 Å². The van der Waals surface area contributed by atoms with E-state index in [0.29, 0.717) is 87.0 Å². The van der Waals surface area contributed by atoms with Crippen LogP contribution in [-0.4, -0.2) is 139 Å². The fourth-order valence-corrected chi connectivity index (χ4v) is 9.87. The molecule has 0 aliphatic carbocycles. The molecule has 0 bridgehead atoms. The summed E-state index contributed by atoms with van der Waals surface area (Å²) in [5.74, 6) is -0.798. The van der Waals surface area contributed by atoms with Crippen molar-refractivity contribution in [3.63, 3.8) is 0 Å². The molecule has 5 fully saturated rings. The Balaban J connectivity index is 0.000000223. The van der Waals surface area contributed by atoms with Gasteiger partial charge in [0.05, 0.1) is 0 Å². The number of hydrogen-bond donors (Lipinski definition) is 2. The van der Waals surface area contributed by atoms with Crippen LogP contribution in [0.2, 0.25) is 6.82 Å². The molecule has 0 spiro atoms. The summed E-state index contributed by atoms with van der Waals surface area (Å²) in [5.41, 5.74) is -3.76. The first-order chi connectivity index (χ1) is 30.2. The highest BCUT2D eigenvalue weighted by Gasteiger charge is 2.46. The molecule has 5 aliphatic rings. The number of likely N-dealkylation sites (tertiary alicyclic amines) is 3. The summed E-state index contributed by atoms with van der Waals surface area (Å²) < 4.78 is 119. The third-order valence-corrected chi connectivity index (χ3v) is 14.4. The maximum atomic E-state index is 15.6. The molecule has 0 saturated carbocycles. The zero-order valence-electron chi connectivity index (χ0n) is 35.2. The van der Waals surface area contributed by atoms with Gasteiger partial charge in [-0.3, -0.25) is 14.5 Å². The maximum absolute atomic E-state index is 15.6. The third kappa shape index (κ3) is 12.3. The molecule has 0 atom stereocenters. The number of thiophene rings is 2. The number of amides is 2. The van der Waals surface area contributed by atoms with Crippen molar-refractivity contribution in [3.05, 3.63) is 43.8 Å². The van der Waals surface area contributed by atoms with Crippen LogP contribution in [-0.2, 0) is 21.9 Å². The minimum atomic E-state index is -4.55. The Bertz CT molecular complexity index is 2040. The quantitative estimate of drug-likeness (QED) is 0.154. The molecule has 7 heterocycles. The number of rotatable bonds is 10. The number of hydrogen-bond acceptors (Lipinski definition) is 12. The number of carbonyl (C=O) groups is 2. The van der Waals surface area contributed by atoms with Gasteiger partial charge in [0.1, 0.15) is 55.4 Å². The Kier molecular flexibility index (Phi) is 16.0. The smallest absolute Gasteiger partial charge is 0.425 e. The molecular formula is C41H50BF8N7O5S2. The fraction of sp³-hybridized carbons (Fsp3) is 0.659. The highest BCUT2D eigenvalue weighted by molar-refractivity contribution is 7.13. The summed E-state index contributed by atoms with van der Waals surface area (Å²) in [6.07, 6.45) is -3.74. The second-order valence-corrected chi connectivity index (χ2v) is 18.9. The van der Waals surface area contributed by atoms with Crippen LogP contribution in [0.4, 0.5) is 35.1 Å². The number of ether oxygens (including phenoxy) is 2. The zero-order valence-corrected chi connectivity index (χ0v) is 36.8. The Labute approximate surface area is 374 Å². The monoisotopic (exact) mass is 947 g/mol. The highest BCUT2D eigenvalue weighted by Crippen LogP contribution is 2.42. The minimum Gasteiger partial charge on any atom is -0.488 e. The predicted molar refractivity (Wildman–Crippen MR) is 222 cm³/mol. The number of carbonyl (C=O) groups excluding carboxylic acids is 2. The first kappa shape index (κ1) is 49.4. The van der Waals surface area contributed by atoms with Crippen molar-refractivity contribution in [1.29, 1.82) is 10.5 Å². The van der Waals surface area contributed by atoms with E-state index in [1.54, 1.807) is 19.0 Å². The largest absolute Gasteiger partial charge is 0.488 e. The maximum Gasteiger partial charge on any atom is 0.425 e. The van der Waals surface area contributed by atoms with Crippen LogP contribution in [0, 0.1) is 28.6 Å². The minimum absolute atomic E-state index is 0.0834. The molecule has 64 heavy (non-hydrogen) atoms. The van der Waals surface area contributed by atoms with Gasteiger partial charge in [0.15, 0.2) is 11.3 Å². The molecule has 2 aromatic heterocycles. The molecule has 0 unspecified atom stereocenters. The van der Waals surface area contributed by atoms with Crippen molar-refractivity contribution in [2.75, 3.05) is 72.0 Å². The second-order valence-electron chi connectivity index (χ2n) is 16.8. The number of nitrogens with zero attached hydrogens (tertiary/aromatic N) is 6. The van der Waals surface area contributed by atoms with Crippen LogP contribution in [0.3, 0.4) is 0 Å². The number of nitriles is 2. The summed E-state index contributed by atoms with van der Waals surface area (Å²) >= 11 is 0.693. The van der Waals surface area contributed by atoms with Gasteiger partial charge in [-0.25, -0.2) is 8.78 Å². The van der Waals surface area contributed by atoms with Gasteiger partial charge in [0.2, 0.25) is 0 Å². The van der Waals surface area contributed by atoms with Gasteiger partial charge in [-0.1, -0.05) is 12.2 Å². The number of nitrogens with one attached hydrogen (secondary N) is 1. The molecule has 7 rings (SSSR count). The molecule has 0 radical (unpaired) electrons. The molecular weight excluding hydrogens is 897 g/mol. The average molecular weight is 948 g/mol. The Hall–Kier alpha value is -4.00. The summed E-state index contributed by atoms with van der Waals surface area (Å²) in [6, 6.07) is 5.16. The van der Waals surface area contributed by atoms with Crippen molar-refractivity contribution < 1.29 is 59.2 Å². The SMILES string of the molecule is CB(O)N1CC(/C=C/CN2CCC(F)(C(=O)N3CCC(Oc4cc(C(F)(F)F)sc4C#N)CC3)CC2)C1.N#Cc1sc(C(F)(F)F)cc1OC1CCN(C(=O)C2(F)CCNCC2)CC1. The van der Waals surface area contributed by atoms with Crippen LogP contribution in [0.25, 0.3) is 0 Å². The Morgan fingerprint density at radius 2 is 1.22 bits per heavy atom. The molecule has 5 aliphatic heterocycles. The van der Waals surface area contributed by atoms with Crippen molar-refractivity contribution in [2.24, 2.45) is 5.92 Å².